The van der Waals surface area contributed by atoms with Crippen LogP contribution in [0.4, 0.5) is 0 Å². The van der Waals surface area contributed by atoms with Crippen LogP contribution in [0.25, 0.3) is 0 Å². The van der Waals surface area contributed by atoms with Gasteiger partial charge in [-0.05, 0) is 51.8 Å². The summed E-state index contributed by atoms with van der Waals surface area (Å²) in [5.41, 5.74) is 0.991. The average molecular weight is 602 g/mol. The Labute approximate surface area is 232 Å². The molecule has 7 heteroatoms. The van der Waals surface area contributed by atoms with Gasteiger partial charge >= 0.3 is 0 Å². The van der Waals surface area contributed by atoms with Crippen LogP contribution in [0, 0.1) is 6.92 Å². The van der Waals surface area contributed by atoms with Gasteiger partial charge in [0.2, 0.25) is 0 Å². The normalized spacial score (nSPS) is 13.3. The van der Waals surface area contributed by atoms with Gasteiger partial charge in [0.05, 0.1) is 11.0 Å². The molecule has 3 rings (SSSR count). The third-order valence-corrected chi connectivity index (χ3v) is 13.2. The zero-order valence-corrected chi connectivity index (χ0v) is 25.5. The highest BCUT2D eigenvalue weighted by Crippen LogP contribution is 2.37. The summed E-state index contributed by atoms with van der Waals surface area (Å²) in [6.07, 6.45) is 1.03. The highest BCUT2D eigenvalue weighted by molar-refractivity contribution is 9.11. The van der Waals surface area contributed by atoms with Crippen molar-refractivity contribution < 1.29 is 17.0 Å². The number of benzene rings is 3. The van der Waals surface area contributed by atoms with Crippen molar-refractivity contribution in [3.05, 3.63) is 102 Å². The Morgan fingerprint density at radius 2 is 1.43 bits per heavy atom. The molecule has 0 bridgehead atoms. The molecule has 3 aromatic carbocycles. The molecule has 0 unspecified atom stereocenters. The molecule has 0 saturated carbocycles. The van der Waals surface area contributed by atoms with Crippen molar-refractivity contribution in [1.29, 1.82) is 0 Å². The van der Waals surface area contributed by atoms with Crippen molar-refractivity contribution in [2.45, 2.75) is 63.0 Å². The van der Waals surface area contributed by atoms with Gasteiger partial charge in [-0.2, -0.15) is 8.42 Å². The predicted molar refractivity (Wildman–Crippen MR) is 159 cm³/mol. The van der Waals surface area contributed by atoms with Crippen LogP contribution in [-0.4, -0.2) is 29.4 Å². The quantitative estimate of drug-likeness (QED) is 0.131. The van der Waals surface area contributed by atoms with Crippen molar-refractivity contribution in [3.63, 3.8) is 0 Å². The maximum atomic E-state index is 12.9. The lowest BCUT2D eigenvalue weighted by molar-refractivity contribution is 0.183. The van der Waals surface area contributed by atoms with Crippen molar-refractivity contribution >= 4 is 44.7 Å². The lowest BCUT2D eigenvalue weighted by Crippen LogP contribution is -2.66. The van der Waals surface area contributed by atoms with Crippen LogP contribution in [0.3, 0.4) is 0 Å². The number of halogens is 1. The molecule has 0 aliphatic carbocycles. The third-order valence-electron chi connectivity index (χ3n) is 6.43. The zero-order valence-electron chi connectivity index (χ0n) is 22.1. The number of hydrogen-bond acceptors (Lipinski definition) is 4. The lowest BCUT2D eigenvalue weighted by Gasteiger charge is -2.43. The van der Waals surface area contributed by atoms with Crippen LogP contribution in [0.5, 0.6) is 0 Å². The molecule has 3 aromatic rings. The molecule has 4 nitrogen and oxygen atoms in total. The molecule has 0 spiro atoms. The molecule has 0 amide bonds. The van der Waals surface area contributed by atoms with Crippen LogP contribution in [0.15, 0.2) is 101 Å². The van der Waals surface area contributed by atoms with Gasteiger partial charge in [-0.3, -0.25) is 4.18 Å². The molecule has 1 atom stereocenters. The van der Waals surface area contributed by atoms with Crippen LogP contribution in [0.2, 0.25) is 5.04 Å². The van der Waals surface area contributed by atoms with Crippen molar-refractivity contribution in [2.24, 2.45) is 0 Å². The predicted octanol–water partition coefficient (Wildman–Crippen LogP) is 6.72. The van der Waals surface area contributed by atoms with Gasteiger partial charge in [0.25, 0.3) is 18.4 Å². The maximum Gasteiger partial charge on any atom is 0.297 e. The summed E-state index contributed by atoms with van der Waals surface area (Å²) in [6, 6.07) is 27.7. The van der Waals surface area contributed by atoms with E-state index in [4.69, 9.17) is 8.61 Å². The molecule has 0 saturated heterocycles. The van der Waals surface area contributed by atoms with E-state index in [0.717, 1.165) is 5.56 Å². The number of aryl methyl sites for hydroxylation is 1. The smallest absolute Gasteiger partial charge is 0.297 e. The molecule has 0 radical (unpaired) electrons. The maximum absolute atomic E-state index is 12.9. The van der Waals surface area contributed by atoms with E-state index in [9.17, 15) is 8.42 Å². The standard InChI is InChI=1S/C30H37BrO4SSi/c1-24-18-20-27(21-19-24)36(32,33)35-26(23-25(2)31)13-12-22-34-37(30(3,4)5,28-14-8-6-9-15-28)29-16-10-7-11-17-29/h6-11,14-21,26H,2,12-13,22-23H2,1,3-5H3/t26-/m1/s1. The second kappa shape index (κ2) is 12.7. The van der Waals surface area contributed by atoms with Crippen molar-refractivity contribution in [2.75, 3.05) is 6.61 Å². The Bertz CT molecular complexity index is 1210. The minimum Gasteiger partial charge on any atom is -0.407 e. The van der Waals surface area contributed by atoms with Gasteiger partial charge in [0.15, 0.2) is 0 Å². The van der Waals surface area contributed by atoms with E-state index in [1.807, 2.05) is 19.1 Å². The Morgan fingerprint density at radius 1 is 0.919 bits per heavy atom. The zero-order chi connectivity index (χ0) is 27.1. The largest absolute Gasteiger partial charge is 0.407 e. The minimum absolute atomic E-state index is 0.121. The van der Waals surface area contributed by atoms with E-state index < -0.39 is 24.5 Å². The third kappa shape index (κ3) is 7.51. The van der Waals surface area contributed by atoms with Crippen LogP contribution in [0.1, 0.15) is 45.6 Å². The van der Waals surface area contributed by atoms with E-state index in [1.165, 1.54) is 10.4 Å². The van der Waals surface area contributed by atoms with Gasteiger partial charge in [-0.1, -0.05) is 122 Å². The Balaban J connectivity index is 1.80. The molecule has 0 aliphatic rings. The average Bonchev–Trinajstić information content (AvgIpc) is 2.84. The first-order chi connectivity index (χ1) is 17.5. The number of hydrogen-bond donors (Lipinski definition) is 0. The van der Waals surface area contributed by atoms with E-state index in [0.29, 0.717) is 30.4 Å². The van der Waals surface area contributed by atoms with Gasteiger partial charge < -0.3 is 4.43 Å². The van der Waals surface area contributed by atoms with Crippen LogP contribution < -0.4 is 10.4 Å². The fourth-order valence-electron chi connectivity index (χ4n) is 4.67. The summed E-state index contributed by atoms with van der Waals surface area (Å²) < 4.78 is 39.2. The van der Waals surface area contributed by atoms with E-state index in [1.54, 1.807) is 24.3 Å². The Morgan fingerprint density at radius 3 is 1.89 bits per heavy atom. The first-order valence-corrected chi connectivity index (χ1v) is 16.6. The van der Waals surface area contributed by atoms with Gasteiger partial charge in [-0.15, -0.1) is 0 Å². The van der Waals surface area contributed by atoms with Gasteiger partial charge in [-0.25, -0.2) is 0 Å². The molecule has 0 N–H and O–H groups in total. The summed E-state index contributed by atoms with van der Waals surface area (Å²) in [7, 11) is -6.53. The first kappa shape index (κ1) is 29.5. The van der Waals surface area contributed by atoms with Gasteiger partial charge in [0.1, 0.15) is 0 Å². The lowest BCUT2D eigenvalue weighted by atomic mass is 10.1. The van der Waals surface area contributed by atoms with Crippen LogP contribution >= 0.6 is 15.9 Å². The highest BCUT2D eigenvalue weighted by atomic mass is 79.9. The fraction of sp³-hybridized carbons (Fsp3) is 0.333. The van der Waals surface area contributed by atoms with Crippen LogP contribution in [-0.2, 0) is 18.7 Å². The molecular weight excluding hydrogens is 564 g/mol. The number of rotatable bonds is 12. The van der Waals surface area contributed by atoms with E-state index in [2.05, 4.69) is 91.8 Å². The monoisotopic (exact) mass is 600 g/mol. The SMILES string of the molecule is C=C(Br)C[C@@H](CCCO[Si](c1ccccc1)(c1ccccc1)C(C)(C)C)OS(=O)(=O)c1ccc(C)cc1. The minimum atomic E-state index is -3.89. The topological polar surface area (TPSA) is 52.6 Å². The molecule has 37 heavy (non-hydrogen) atoms. The molecular formula is C30H37BrO4SSi. The van der Waals surface area contributed by atoms with E-state index in [-0.39, 0.29) is 9.93 Å². The second-order valence-corrected chi connectivity index (χ2v) is 17.4. The molecule has 0 fully saturated rings. The summed E-state index contributed by atoms with van der Waals surface area (Å²) in [5, 5.41) is 2.32. The van der Waals surface area contributed by atoms with Gasteiger partial charge in [0, 0.05) is 13.0 Å². The summed E-state index contributed by atoms with van der Waals surface area (Å²) in [6.45, 7) is 13.0. The van der Waals surface area contributed by atoms with Crippen molar-refractivity contribution in [1.82, 2.24) is 0 Å². The molecule has 198 valence electrons. The summed E-state index contributed by atoms with van der Waals surface area (Å²) >= 11 is 3.38. The van der Waals surface area contributed by atoms with E-state index >= 15 is 0 Å². The molecule has 0 aromatic heterocycles. The molecule has 0 heterocycles. The Kier molecular flexibility index (Phi) is 10.1. The Hall–Kier alpha value is -2.03. The highest BCUT2D eigenvalue weighted by Gasteiger charge is 2.50. The molecule has 0 aliphatic heterocycles. The fourth-order valence-corrected chi connectivity index (χ4v) is 10.7. The summed E-state index contributed by atoms with van der Waals surface area (Å²) in [5.74, 6) is 0. The second-order valence-electron chi connectivity index (χ2n) is 10.4. The summed E-state index contributed by atoms with van der Waals surface area (Å²) in [4.78, 5) is 0.159. The van der Waals surface area contributed by atoms with Crippen molar-refractivity contribution in [3.8, 4) is 0 Å². The first-order valence-electron chi connectivity index (χ1n) is 12.5.